The molecule has 0 aliphatic rings. The molecule has 0 atom stereocenters. The predicted octanol–water partition coefficient (Wildman–Crippen LogP) is 0.837. The Balaban J connectivity index is 2.09. The van der Waals surface area contributed by atoms with Crippen LogP contribution in [0.1, 0.15) is 10.5 Å². The first kappa shape index (κ1) is 16.4. The minimum absolute atomic E-state index is 0.0564. The van der Waals surface area contributed by atoms with Crippen molar-refractivity contribution in [3.8, 4) is 16.3 Å². The van der Waals surface area contributed by atoms with Gasteiger partial charge in [0.05, 0.1) is 18.4 Å². The number of primary sulfonamides is 1. The van der Waals surface area contributed by atoms with Gasteiger partial charge < -0.3 is 10.1 Å². The molecule has 118 valence electrons. The van der Waals surface area contributed by atoms with Crippen molar-refractivity contribution in [2.24, 2.45) is 5.14 Å². The number of nitrogens with zero attached hydrogens (tertiary/aromatic N) is 1. The molecule has 0 radical (unpaired) electrons. The molecule has 1 heterocycles. The summed E-state index contributed by atoms with van der Waals surface area (Å²) >= 11 is 1.30. The molecule has 0 aliphatic carbocycles. The van der Waals surface area contributed by atoms with Crippen molar-refractivity contribution in [2.75, 3.05) is 19.4 Å². The number of nitrogens with one attached hydrogen (secondary N) is 1. The molecule has 22 heavy (non-hydrogen) atoms. The normalized spacial score (nSPS) is 11.2. The second-order valence-corrected chi connectivity index (χ2v) is 6.95. The van der Waals surface area contributed by atoms with Gasteiger partial charge in [0.25, 0.3) is 5.91 Å². The first-order valence-corrected chi connectivity index (χ1v) is 8.88. The zero-order valence-corrected chi connectivity index (χ0v) is 13.4. The Morgan fingerprint density at radius 3 is 2.82 bits per heavy atom. The largest absolute Gasteiger partial charge is 0.496 e. The predicted molar refractivity (Wildman–Crippen MR) is 84.4 cm³/mol. The summed E-state index contributed by atoms with van der Waals surface area (Å²) in [6.07, 6.45) is 0. The molecule has 1 amide bonds. The van der Waals surface area contributed by atoms with Crippen molar-refractivity contribution in [2.45, 2.75) is 0 Å². The zero-order chi connectivity index (χ0) is 16.2. The minimum atomic E-state index is -3.60. The highest BCUT2D eigenvalue weighted by atomic mass is 32.2. The standard InChI is InChI=1S/C13H15N3O4S2/c1-20-11-5-3-2-4-9(11)13-16-10(8-21-13)12(17)15-6-7-22(14,18)19/h2-5,8H,6-7H2,1H3,(H,15,17)(H2,14,18,19). The van der Waals surface area contributed by atoms with Crippen molar-refractivity contribution >= 4 is 27.3 Å². The Labute approximate surface area is 132 Å². The van der Waals surface area contributed by atoms with Crippen LogP contribution in [-0.2, 0) is 10.0 Å². The topological polar surface area (TPSA) is 111 Å². The molecule has 1 aromatic heterocycles. The van der Waals surface area contributed by atoms with E-state index in [0.29, 0.717) is 10.8 Å². The van der Waals surface area contributed by atoms with Crippen molar-refractivity contribution in [3.05, 3.63) is 35.3 Å². The van der Waals surface area contributed by atoms with Gasteiger partial charge in [0, 0.05) is 11.9 Å². The molecule has 2 rings (SSSR count). The molecule has 0 bridgehead atoms. The lowest BCUT2D eigenvalue weighted by atomic mass is 10.2. The van der Waals surface area contributed by atoms with E-state index in [4.69, 9.17) is 9.88 Å². The molecule has 0 saturated heterocycles. The van der Waals surface area contributed by atoms with E-state index in [1.165, 1.54) is 11.3 Å². The van der Waals surface area contributed by atoms with Gasteiger partial charge >= 0.3 is 0 Å². The first-order valence-electron chi connectivity index (χ1n) is 6.28. The van der Waals surface area contributed by atoms with Crippen molar-refractivity contribution in [1.29, 1.82) is 0 Å². The third-order valence-corrected chi connectivity index (χ3v) is 4.40. The van der Waals surface area contributed by atoms with Crippen LogP contribution in [0.15, 0.2) is 29.6 Å². The van der Waals surface area contributed by atoms with Gasteiger partial charge in [-0.2, -0.15) is 0 Å². The summed E-state index contributed by atoms with van der Waals surface area (Å²) in [5.74, 6) is -0.0958. The molecule has 0 aliphatic heterocycles. The van der Waals surface area contributed by atoms with Gasteiger partial charge in [-0.05, 0) is 12.1 Å². The molecule has 7 nitrogen and oxygen atoms in total. The lowest BCUT2D eigenvalue weighted by Gasteiger charge is -2.04. The molecular weight excluding hydrogens is 326 g/mol. The van der Waals surface area contributed by atoms with E-state index in [9.17, 15) is 13.2 Å². The van der Waals surface area contributed by atoms with Gasteiger partial charge in [0.1, 0.15) is 16.5 Å². The summed E-state index contributed by atoms with van der Waals surface area (Å²) in [4.78, 5) is 16.1. The quantitative estimate of drug-likeness (QED) is 0.808. The number of aromatic nitrogens is 1. The summed E-state index contributed by atoms with van der Waals surface area (Å²) in [6.45, 7) is -0.0564. The third kappa shape index (κ3) is 4.26. The van der Waals surface area contributed by atoms with Crippen molar-refractivity contribution in [1.82, 2.24) is 10.3 Å². The number of rotatable bonds is 6. The van der Waals surface area contributed by atoms with E-state index < -0.39 is 15.9 Å². The maximum Gasteiger partial charge on any atom is 0.270 e. The third-order valence-electron chi connectivity index (χ3n) is 2.75. The van der Waals surface area contributed by atoms with Crippen LogP contribution < -0.4 is 15.2 Å². The minimum Gasteiger partial charge on any atom is -0.496 e. The highest BCUT2D eigenvalue weighted by Gasteiger charge is 2.14. The van der Waals surface area contributed by atoms with Crippen LogP contribution >= 0.6 is 11.3 Å². The monoisotopic (exact) mass is 341 g/mol. The average Bonchev–Trinajstić information content (AvgIpc) is 2.95. The summed E-state index contributed by atoms with van der Waals surface area (Å²) in [5.41, 5.74) is 1.01. The summed E-state index contributed by atoms with van der Waals surface area (Å²) in [7, 11) is -2.04. The molecule has 0 saturated carbocycles. The molecule has 1 aromatic carbocycles. The lowest BCUT2D eigenvalue weighted by Crippen LogP contribution is -2.31. The molecule has 0 fully saturated rings. The number of carbonyl (C=O) groups excluding carboxylic acids is 1. The van der Waals surface area contributed by atoms with Crippen LogP contribution in [0.25, 0.3) is 10.6 Å². The van der Waals surface area contributed by atoms with E-state index in [2.05, 4.69) is 10.3 Å². The van der Waals surface area contributed by atoms with Gasteiger partial charge in [-0.1, -0.05) is 12.1 Å². The van der Waals surface area contributed by atoms with Gasteiger partial charge in [0.2, 0.25) is 10.0 Å². The Kier molecular flexibility index (Phi) is 5.11. The van der Waals surface area contributed by atoms with Gasteiger partial charge in [-0.3, -0.25) is 4.79 Å². The number of amides is 1. The van der Waals surface area contributed by atoms with Crippen molar-refractivity contribution < 1.29 is 17.9 Å². The highest BCUT2D eigenvalue weighted by Crippen LogP contribution is 2.31. The number of sulfonamides is 1. The number of para-hydroxylation sites is 1. The number of hydrogen-bond donors (Lipinski definition) is 2. The Morgan fingerprint density at radius 2 is 2.14 bits per heavy atom. The van der Waals surface area contributed by atoms with Crippen LogP contribution in [0.3, 0.4) is 0 Å². The second-order valence-electron chi connectivity index (χ2n) is 4.36. The van der Waals surface area contributed by atoms with E-state index in [-0.39, 0.29) is 18.0 Å². The number of hydrogen-bond acceptors (Lipinski definition) is 6. The Hall–Kier alpha value is -1.97. The number of ether oxygens (including phenoxy) is 1. The Bertz CT molecular complexity index is 771. The molecule has 0 spiro atoms. The van der Waals surface area contributed by atoms with Gasteiger partial charge in [-0.25, -0.2) is 18.5 Å². The fourth-order valence-electron chi connectivity index (χ4n) is 1.72. The molecule has 2 aromatic rings. The van der Waals surface area contributed by atoms with Gasteiger partial charge in [-0.15, -0.1) is 11.3 Å². The number of thiazole rings is 1. The summed E-state index contributed by atoms with van der Waals surface area (Å²) in [6, 6.07) is 7.35. The van der Waals surface area contributed by atoms with Crippen LogP contribution in [0, 0.1) is 0 Å². The van der Waals surface area contributed by atoms with E-state index in [1.807, 2.05) is 24.3 Å². The van der Waals surface area contributed by atoms with Crippen LogP contribution in [0.4, 0.5) is 0 Å². The fourth-order valence-corrected chi connectivity index (χ4v) is 2.94. The molecular formula is C13H15N3O4S2. The maximum atomic E-state index is 11.9. The summed E-state index contributed by atoms with van der Waals surface area (Å²) in [5, 5.41) is 9.58. The number of carbonyl (C=O) groups is 1. The number of benzene rings is 1. The first-order chi connectivity index (χ1) is 10.4. The van der Waals surface area contributed by atoms with E-state index in [1.54, 1.807) is 12.5 Å². The van der Waals surface area contributed by atoms with Crippen LogP contribution in [-0.4, -0.2) is 38.7 Å². The fraction of sp³-hybridized carbons (Fsp3) is 0.231. The van der Waals surface area contributed by atoms with Crippen molar-refractivity contribution in [3.63, 3.8) is 0 Å². The summed E-state index contributed by atoms with van der Waals surface area (Å²) < 4.78 is 26.9. The van der Waals surface area contributed by atoms with E-state index >= 15 is 0 Å². The van der Waals surface area contributed by atoms with Crippen LogP contribution in [0.2, 0.25) is 0 Å². The SMILES string of the molecule is COc1ccccc1-c1nc(C(=O)NCCS(N)(=O)=O)cs1. The molecule has 9 heteroatoms. The zero-order valence-electron chi connectivity index (χ0n) is 11.8. The number of nitrogens with two attached hydrogens (primary N) is 1. The average molecular weight is 341 g/mol. The molecule has 3 N–H and O–H groups in total. The smallest absolute Gasteiger partial charge is 0.270 e. The highest BCUT2D eigenvalue weighted by molar-refractivity contribution is 7.89. The van der Waals surface area contributed by atoms with Gasteiger partial charge in [0.15, 0.2) is 0 Å². The second kappa shape index (κ2) is 6.86. The van der Waals surface area contributed by atoms with E-state index in [0.717, 1.165) is 5.56 Å². The molecule has 0 unspecified atom stereocenters. The number of methoxy groups -OCH3 is 1. The van der Waals surface area contributed by atoms with Crippen LogP contribution in [0.5, 0.6) is 5.75 Å². The lowest BCUT2D eigenvalue weighted by molar-refractivity contribution is 0.0952. The maximum absolute atomic E-state index is 11.9. The Morgan fingerprint density at radius 1 is 1.41 bits per heavy atom.